The minimum Gasteiger partial charge on any atom is -0.377 e. The van der Waals surface area contributed by atoms with Gasteiger partial charge in [-0.3, -0.25) is 0 Å². The number of hydrogen-bond acceptors (Lipinski definition) is 1. The molecule has 1 spiro atoms. The van der Waals surface area contributed by atoms with Gasteiger partial charge in [-0.2, -0.15) is 0 Å². The van der Waals surface area contributed by atoms with Crippen molar-refractivity contribution in [3.05, 3.63) is 0 Å². The Hall–Kier alpha value is 0.250. The van der Waals surface area contributed by atoms with Crippen molar-refractivity contribution in [1.29, 1.82) is 0 Å². The quantitative estimate of drug-likeness (QED) is 0.582. The minimum atomic E-state index is 0.366. The van der Waals surface area contributed by atoms with E-state index in [1.54, 1.807) is 0 Å². The third kappa shape index (κ3) is 2.88. The molecule has 0 aromatic rings. The summed E-state index contributed by atoms with van der Waals surface area (Å²) >= 11 is 6.46. The molecule has 18 heavy (non-hydrogen) atoms. The van der Waals surface area contributed by atoms with Crippen molar-refractivity contribution in [3.8, 4) is 0 Å². The van der Waals surface area contributed by atoms with E-state index >= 15 is 0 Å². The Balaban J connectivity index is 1.76. The van der Waals surface area contributed by atoms with Gasteiger partial charge in [0.2, 0.25) is 0 Å². The van der Waals surface area contributed by atoms with E-state index in [0.29, 0.717) is 16.9 Å². The van der Waals surface area contributed by atoms with Gasteiger partial charge in [0.1, 0.15) is 0 Å². The highest BCUT2D eigenvalue weighted by Gasteiger charge is 2.56. The van der Waals surface area contributed by atoms with Gasteiger partial charge in [-0.15, -0.1) is 11.6 Å². The molecule has 0 aromatic carbocycles. The van der Waals surface area contributed by atoms with Gasteiger partial charge in [0.15, 0.2) is 0 Å². The van der Waals surface area contributed by atoms with Crippen molar-refractivity contribution in [2.24, 2.45) is 11.3 Å². The molecule has 0 amide bonds. The zero-order valence-electron chi connectivity index (χ0n) is 12.1. The minimum absolute atomic E-state index is 0.366. The molecule has 0 radical (unpaired) electrons. The molecule has 106 valence electrons. The SMILES string of the molecule is CCCCC(CC)COC1CC(Cl)C12CCCC2. The summed E-state index contributed by atoms with van der Waals surface area (Å²) in [5, 5.41) is 0.390. The predicted octanol–water partition coefficient (Wildman–Crippen LogP) is 5.16. The van der Waals surface area contributed by atoms with Crippen LogP contribution in [0.1, 0.15) is 71.6 Å². The number of halogens is 1. The van der Waals surface area contributed by atoms with Crippen LogP contribution in [0, 0.1) is 11.3 Å². The Morgan fingerprint density at radius 2 is 2.00 bits per heavy atom. The first-order valence-corrected chi connectivity index (χ1v) is 8.42. The maximum absolute atomic E-state index is 6.46. The third-order valence-electron chi connectivity index (χ3n) is 5.30. The van der Waals surface area contributed by atoms with Crippen LogP contribution in [0.25, 0.3) is 0 Å². The van der Waals surface area contributed by atoms with E-state index in [4.69, 9.17) is 16.3 Å². The van der Waals surface area contributed by atoms with Crippen LogP contribution in [0.5, 0.6) is 0 Å². The first-order valence-electron chi connectivity index (χ1n) is 7.98. The average molecular weight is 273 g/mol. The lowest BCUT2D eigenvalue weighted by Gasteiger charge is -2.51. The smallest absolute Gasteiger partial charge is 0.0659 e. The molecule has 1 nitrogen and oxygen atoms in total. The molecule has 3 atom stereocenters. The van der Waals surface area contributed by atoms with Crippen LogP contribution in [-0.2, 0) is 4.74 Å². The van der Waals surface area contributed by atoms with E-state index in [-0.39, 0.29) is 0 Å². The second-order valence-electron chi connectivity index (χ2n) is 6.38. The number of hydrogen-bond donors (Lipinski definition) is 0. The van der Waals surface area contributed by atoms with Crippen molar-refractivity contribution in [2.45, 2.75) is 83.1 Å². The molecule has 0 N–H and O–H groups in total. The molecule has 3 unspecified atom stereocenters. The van der Waals surface area contributed by atoms with E-state index in [1.807, 2.05) is 0 Å². The van der Waals surface area contributed by atoms with Gasteiger partial charge in [0.25, 0.3) is 0 Å². The second-order valence-corrected chi connectivity index (χ2v) is 6.91. The fraction of sp³-hybridized carbons (Fsp3) is 1.00. The highest BCUT2D eigenvalue weighted by molar-refractivity contribution is 6.21. The van der Waals surface area contributed by atoms with Crippen LogP contribution >= 0.6 is 11.6 Å². The zero-order chi connectivity index (χ0) is 13.0. The molecule has 2 fully saturated rings. The van der Waals surface area contributed by atoms with Crippen molar-refractivity contribution < 1.29 is 4.74 Å². The lowest BCUT2D eigenvalue weighted by atomic mass is 9.64. The Morgan fingerprint density at radius 3 is 2.56 bits per heavy atom. The van der Waals surface area contributed by atoms with Gasteiger partial charge in [0, 0.05) is 17.4 Å². The molecule has 0 saturated heterocycles. The molecule has 2 heteroatoms. The van der Waals surface area contributed by atoms with Gasteiger partial charge in [-0.1, -0.05) is 46.0 Å². The van der Waals surface area contributed by atoms with Crippen LogP contribution < -0.4 is 0 Å². The summed E-state index contributed by atoms with van der Waals surface area (Å²) in [5.74, 6) is 0.762. The Morgan fingerprint density at radius 1 is 1.28 bits per heavy atom. The molecule has 2 aliphatic rings. The number of alkyl halides is 1. The van der Waals surface area contributed by atoms with Crippen molar-refractivity contribution in [2.75, 3.05) is 6.61 Å². The van der Waals surface area contributed by atoms with Gasteiger partial charge in [-0.05, 0) is 31.6 Å². The summed E-state index contributed by atoms with van der Waals surface area (Å²) in [7, 11) is 0. The van der Waals surface area contributed by atoms with Crippen molar-refractivity contribution in [3.63, 3.8) is 0 Å². The lowest BCUT2D eigenvalue weighted by molar-refractivity contribution is -0.114. The molecule has 0 bridgehead atoms. The Kier molecular flexibility index (Phi) is 5.38. The summed E-state index contributed by atoms with van der Waals surface area (Å²) in [6, 6.07) is 0. The molecule has 0 heterocycles. The summed E-state index contributed by atoms with van der Waals surface area (Å²) in [5.41, 5.74) is 0.366. The monoisotopic (exact) mass is 272 g/mol. The lowest BCUT2D eigenvalue weighted by Crippen LogP contribution is -2.54. The van der Waals surface area contributed by atoms with Crippen LogP contribution in [0.15, 0.2) is 0 Å². The average Bonchev–Trinajstić information content (AvgIpc) is 2.90. The highest BCUT2D eigenvalue weighted by atomic mass is 35.5. The van der Waals surface area contributed by atoms with Crippen LogP contribution in [0.3, 0.4) is 0 Å². The fourth-order valence-electron chi connectivity index (χ4n) is 3.75. The standard InChI is InChI=1S/C16H29ClO/c1-3-5-8-13(4-2)12-18-15-11-14(17)16(15)9-6-7-10-16/h13-15H,3-12H2,1-2H3. The van der Waals surface area contributed by atoms with Crippen molar-refractivity contribution in [1.82, 2.24) is 0 Å². The van der Waals surface area contributed by atoms with Gasteiger partial charge in [0.05, 0.1) is 6.10 Å². The van der Waals surface area contributed by atoms with E-state index in [2.05, 4.69) is 13.8 Å². The Bertz CT molecular complexity index is 247. The predicted molar refractivity (Wildman–Crippen MR) is 78.2 cm³/mol. The molecule has 2 aliphatic carbocycles. The topological polar surface area (TPSA) is 9.23 Å². The summed E-state index contributed by atoms with van der Waals surface area (Å²) in [4.78, 5) is 0. The number of ether oxygens (including phenoxy) is 1. The fourth-order valence-corrected chi connectivity index (χ4v) is 4.27. The second kappa shape index (κ2) is 6.61. The Labute approximate surface area is 118 Å². The summed E-state index contributed by atoms with van der Waals surface area (Å²) in [6.07, 6.45) is 12.1. The van der Waals surface area contributed by atoms with Crippen LogP contribution in [0.4, 0.5) is 0 Å². The van der Waals surface area contributed by atoms with Crippen LogP contribution in [-0.4, -0.2) is 18.1 Å². The number of unbranched alkanes of at least 4 members (excludes halogenated alkanes) is 1. The molecule has 2 saturated carbocycles. The first kappa shape index (κ1) is 14.7. The van der Waals surface area contributed by atoms with Gasteiger partial charge in [-0.25, -0.2) is 0 Å². The van der Waals surface area contributed by atoms with Crippen molar-refractivity contribution >= 4 is 11.6 Å². The normalized spacial score (nSPS) is 31.5. The molecular weight excluding hydrogens is 244 g/mol. The van der Waals surface area contributed by atoms with E-state index in [1.165, 1.54) is 51.4 Å². The van der Waals surface area contributed by atoms with Crippen LogP contribution in [0.2, 0.25) is 0 Å². The third-order valence-corrected chi connectivity index (χ3v) is 5.91. The molecule has 0 aromatic heterocycles. The summed E-state index contributed by atoms with van der Waals surface area (Å²) < 4.78 is 6.25. The largest absolute Gasteiger partial charge is 0.377 e. The zero-order valence-corrected chi connectivity index (χ0v) is 12.8. The van der Waals surface area contributed by atoms with E-state index in [9.17, 15) is 0 Å². The van der Waals surface area contributed by atoms with Gasteiger partial charge < -0.3 is 4.74 Å². The maximum atomic E-state index is 6.46. The first-order chi connectivity index (χ1) is 8.73. The van der Waals surface area contributed by atoms with E-state index in [0.717, 1.165) is 18.9 Å². The maximum Gasteiger partial charge on any atom is 0.0659 e. The number of rotatable bonds is 7. The van der Waals surface area contributed by atoms with Gasteiger partial charge >= 0.3 is 0 Å². The molecule has 2 rings (SSSR count). The summed E-state index contributed by atoms with van der Waals surface area (Å²) in [6.45, 7) is 5.53. The van der Waals surface area contributed by atoms with E-state index < -0.39 is 0 Å². The molecule has 0 aliphatic heterocycles. The molecular formula is C16H29ClO. The highest BCUT2D eigenvalue weighted by Crippen LogP contribution is 2.57.